The van der Waals surface area contributed by atoms with Crippen molar-refractivity contribution in [3.8, 4) is 0 Å². The van der Waals surface area contributed by atoms with Crippen molar-refractivity contribution >= 4 is 17.7 Å². The van der Waals surface area contributed by atoms with Crippen LogP contribution in [0.4, 0.5) is 10.5 Å². The van der Waals surface area contributed by atoms with E-state index in [1.54, 1.807) is 25.1 Å². The molecule has 0 saturated heterocycles. The minimum absolute atomic E-state index is 0.113. The standard InChI is InChI=1S/C15H16N2O4/c1-9-6-7-13(21-9)10(2)16-15(20)17-12-5-3-4-11(8-12)14(18)19/h3-8,10H,1-2H3,(H,18,19)(H2,16,17,20). The van der Waals surface area contributed by atoms with Crippen molar-refractivity contribution in [2.45, 2.75) is 19.9 Å². The minimum Gasteiger partial charge on any atom is -0.478 e. The van der Waals surface area contributed by atoms with Gasteiger partial charge in [-0.05, 0) is 44.2 Å². The van der Waals surface area contributed by atoms with Crippen molar-refractivity contribution in [2.24, 2.45) is 0 Å². The molecule has 0 aliphatic rings. The van der Waals surface area contributed by atoms with Crippen LogP contribution in [0.25, 0.3) is 0 Å². The number of anilines is 1. The number of carbonyl (C=O) groups is 2. The topological polar surface area (TPSA) is 91.6 Å². The number of carboxylic acid groups (broad SMARTS) is 1. The predicted molar refractivity (Wildman–Crippen MR) is 77.4 cm³/mol. The Morgan fingerprint density at radius 2 is 2.00 bits per heavy atom. The van der Waals surface area contributed by atoms with Gasteiger partial charge in [0.1, 0.15) is 11.5 Å². The lowest BCUT2D eigenvalue weighted by Gasteiger charge is -2.12. The van der Waals surface area contributed by atoms with E-state index in [0.29, 0.717) is 11.4 Å². The fourth-order valence-electron chi connectivity index (χ4n) is 1.85. The van der Waals surface area contributed by atoms with Crippen LogP contribution in [0.2, 0.25) is 0 Å². The Labute approximate surface area is 121 Å². The number of aromatic carboxylic acids is 1. The molecule has 1 heterocycles. The van der Waals surface area contributed by atoms with Gasteiger partial charge in [0, 0.05) is 5.69 Å². The van der Waals surface area contributed by atoms with Crippen LogP contribution in [-0.2, 0) is 0 Å². The SMILES string of the molecule is Cc1ccc(C(C)NC(=O)Nc2cccc(C(=O)O)c2)o1. The average molecular weight is 288 g/mol. The molecule has 2 amide bonds. The first kappa shape index (κ1) is 14.6. The molecule has 1 aromatic heterocycles. The molecule has 0 bridgehead atoms. The monoisotopic (exact) mass is 288 g/mol. The van der Waals surface area contributed by atoms with E-state index in [2.05, 4.69) is 10.6 Å². The molecule has 1 atom stereocenters. The lowest BCUT2D eigenvalue weighted by atomic mass is 10.2. The van der Waals surface area contributed by atoms with Crippen molar-refractivity contribution in [3.63, 3.8) is 0 Å². The van der Waals surface area contributed by atoms with Gasteiger partial charge in [-0.2, -0.15) is 0 Å². The highest BCUT2D eigenvalue weighted by atomic mass is 16.4. The third kappa shape index (κ3) is 3.85. The number of hydrogen-bond donors (Lipinski definition) is 3. The van der Waals surface area contributed by atoms with Crippen molar-refractivity contribution in [1.82, 2.24) is 5.32 Å². The van der Waals surface area contributed by atoms with E-state index in [9.17, 15) is 9.59 Å². The third-order valence-corrected chi connectivity index (χ3v) is 2.90. The van der Waals surface area contributed by atoms with E-state index in [4.69, 9.17) is 9.52 Å². The number of benzene rings is 1. The largest absolute Gasteiger partial charge is 0.478 e. The number of urea groups is 1. The van der Waals surface area contributed by atoms with Crippen LogP contribution >= 0.6 is 0 Å². The second-order valence-electron chi connectivity index (χ2n) is 4.65. The van der Waals surface area contributed by atoms with E-state index in [1.807, 2.05) is 13.0 Å². The zero-order chi connectivity index (χ0) is 15.4. The highest BCUT2D eigenvalue weighted by molar-refractivity contribution is 5.93. The molecular weight excluding hydrogens is 272 g/mol. The van der Waals surface area contributed by atoms with Crippen molar-refractivity contribution in [2.75, 3.05) is 5.32 Å². The van der Waals surface area contributed by atoms with Gasteiger partial charge in [0.2, 0.25) is 0 Å². The molecule has 0 fully saturated rings. The predicted octanol–water partition coefficient (Wildman–Crippen LogP) is 3.17. The summed E-state index contributed by atoms with van der Waals surface area (Å²) in [6, 6.07) is 8.93. The first-order valence-electron chi connectivity index (χ1n) is 6.43. The van der Waals surface area contributed by atoms with Crippen LogP contribution in [0.1, 0.15) is 34.8 Å². The second kappa shape index (κ2) is 6.13. The Bertz CT molecular complexity index is 663. The van der Waals surface area contributed by atoms with Crippen LogP contribution in [0.5, 0.6) is 0 Å². The minimum atomic E-state index is -1.04. The highest BCUT2D eigenvalue weighted by Crippen LogP contribution is 2.16. The summed E-state index contributed by atoms with van der Waals surface area (Å²) in [4.78, 5) is 22.7. The van der Waals surface area contributed by atoms with Gasteiger partial charge in [0.05, 0.1) is 11.6 Å². The quantitative estimate of drug-likeness (QED) is 0.805. The maximum Gasteiger partial charge on any atom is 0.335 e. The van der Waals surface area contributed by atoms with Gasteiger partial charge in [-0.15, -0.1) is 0 Å². The van der Waals surface area contributed by atoms with Crippen LogP contribution in [0, 0.1) is 6.92 Å². The van der Waals surface area contributed by atoms with Gasteiger partial charge < -0.3 is 20.2 Å². The molecule has 6 nitrogen and oxygen atoms in total. The molecule has 0 aliphatic carbocycles. The molecule has 1 unspecified atom stereocenters. The molecule has 0 radical (unpaired) electrons. The van der Waals surface area contributed by atoms with E-state index in [1.165, 1.54) is 12.1 Å². The lowest BCUT2D eigenvalue weighted by molar-refractivity contribution is 0.0697. The summed E-state index contributed by atoms with van der Waals surface area (Å²) < 4.78 is 5.43. The van der Waals surface area contributed by atoms with E-state index >= 15 is 0 Å². The Kier molecular flexibility index (Phi) is 4.27. The first-order valence-corrected chi connectivity index (χ1v) is 6.43. The number of furan rings is 1. The zero-order valence-corrected chi connectivity index (χ0v) is 11.7. The number of hydrogen-bond acceptors (Lipinski definition) is 3. The van der Waals surface area contributed by atoms with Crippen LogP contribution in [-0.4, -0.2) is 17.1 Å². The Morgan fingerprint density at radius 1 is 1.24 bits per heavy atom. The van der Waals surface area contributed by atoms with E-state index < -0.39 is 12.0 Å². The molecule has 0 saturated carbocycles. The highest BCUT2D eigenvalue weighted by Gasteiger charge is 2.13. The maximum atomic E-state index is 11.9. The summed E-state index contributed by atoms with van der Waals surface area (Å²) in [7, 11) is 0. The fraction of sp³-hybridized carbons (Fsp3) is 0.200. The smallest absolute Gasteiger partial charge is 0.335 e. The van der Waals surface area contributed by atoms with Crippen molar-refractivity contribution < 1.29 is 19.1 Å². The third-order valence-electron chi connectivity index (χ3n) is 2.90. The number of carboxylic acids is 1. The fourth-order valence-corrected chi connectivity index (χ4v) is 1.85. The Hall–Kier alpha value is -2.76. The second-order valence-corrected chi connectivity index (χ2v) is 4.65. The Morgan fingerprint density at radius 3 is 2.62 bits per heavy atom. The number of amides is 2. The summed E-state index contributed by atoms with van der Waals surface area (Å²) in [6.45, 7) is 3.62. The summed E-state index contributed by atoms with van der Waals surface area (Å²) in [5.41, 5.74) is 0.526. The molecule has 2 rings (SSSR count). The maximum absolute atomic E-state index is 11.9. The molecule has 2 aromatic rings. The van der Waals surface area contributed by atoms with Crippen molar-refractivity contribution in [1.29, 1.82) is 0 Å². The van der Waals surface area contributed by atoms with Gasteiger partial charge in [0.15, 0.2) is 0 Å². The zero-order valence-electron chi connectivity index (χ0n) is 11.7. The molecule has 6 heteroatoms. The van der Waals surface area contributed by atoms with Crippen LogP contribution < -0.4 is 10.6 Å². The number of nitrogens with one attached hydrogen (secondary N) is 2. The van der Waals surface area contributed by atoms with E-state index in [-0.39, 0.29) is 11.6 Å². The summed E-state index contributed by atoms with van der Waals surface area (Å²) in [5.74, 6) is 0.383. The normalized spacial score (nSPS) is 11.7. The van der Waals surface area contributed by atoms with Gasteiger partial charge in [-0.25, -0.2) is 9.59 Å². The van der Waals surface area contributed by atoms with Gasteiger partial charge in [-0.3, -0.25) is 0 Å². The van der Waals surface area contributed by atoms with Gasteiger partial charge in [-0.1, -0.05) is 6.07 Å². The van der Waals surface area contributed by atoms with Crippen molar-refractivity contribution in [3.05, 3.63) is 53.5 Å². The van der Waals surface area contributed by atoms with Gasteiger partial charge >= 0.3 is 12.0 Å². The number of aryl methyl sites for hydroxylation is 1. The average Bonchev–Trinajstić information content (AvgIpc) is 2.85. The number of carbonyl (C=O) groups excluding carboxylic acids is 1. The number of rotatable bonds is 4. The summed E-state index contributed by atoms with van der Waals surface area (Å²) in [6.07, 6.45) is 0. The van der Waals surface area contributed by atoms with Crippen LogP contribution in [0.3, 0.4) is 0 Å². The molecule has 3 N–H and O–H groups in total. The summed E-state index contributed by atoms with van der Waals surface area (Å²) in [5, 5.41) is 14.2. The lowest BCUT2D eigenvalue weighted by Crippen LogP contribution is -2.31. The first-order chi connectivity index (χ1) is 9.95. The van der Waals surface area contributed by atoms with Crippen LogP contribution in [0.15, 0.2) is 40.8 Å². The molecule has 110 valence electrons. The summed E-state index contributed by atoms with van der Waals surface area (Å²) >= 11 is 0. The van der Waals surface area contributed by atoms with Gasteiger partial charge in [0.25, 0.3) is 0 Å². The molecule has 21 heavy (non-hydrogen) atoms. The molecular formula is C15H16N2O4. The van der Waals surface area contributed by atoms with E-state index in [0.717, 1.165) is 5.76 Å². The molecule has 0 aliphatic heterocycles. The molecule has 0 spiro atoms. The molecule has 1 aromatic carbocycles. The Balaban J connectivity index is 1.98.